The van der Waals surface area contributed by atoms with Crippen LogP contribution in [-0.4, -0.2) is 106 Å². The van der Waals surface area contributed by atoms with Crippen LogP contribution in [0.4, 0.5) is 22.5 Å². The monoisotopic (exact) mass is 886 g/mol. The zero-order valence-electron chi connectivity index (χ0n) is 38.8. The Kier molecular flexibility index (Phi) is 24.5. The average molecular weight is 888 g/mol. The number of amides is 2. The van der Waals surface area contributed by atoms with Gasteiger partial charge < -0.3 is 40.5 Å². The second kappa shape index (κ2) is 27.4. The number of hydrogen-bond acceptors (Lipinski definition) is 13. The van der Waals surface area contributed by atoms with E-state index in [0.29, 0.717) is 45.6 Å². The largest absolute Gasteiger partial charge is 0.504 e. The maximum absolute atomic E-state index is 12.9. The Labute approximate surface area is 373 Å². The molecule has 0 atom stereocenters. The third kappa shape index (κ3) is 18.1. The van der Waals surface area contributed by atoms with E-state index in [2.05, 4.69) is 40.7 Å². The fourth-order valence-electron chi connectivity index (χ4n) is 5.46. The van der Waals surface area contributed by atoms with Crippen LogP contribution in [0.1, 0.15) is 115 Å². The van der Waals surface area contributed by atoms with Crippen molar-refractivity contribution in [1.82, 2.24) is 25.2 Å². The standard InChI is InChI=1S/C37H47ClN8O6S.4C2H6/c1-23-8-7-9-26(38)32(23)44-34(50)29-20-39-35(53-29)43-30-19-31(42-24(2)41-30)46-14-12-45(13-15-46)16-17-51-37(5,6)22-52-36(3,4)21-40-33(49)25-10-11-27(47)28(48)18-25;4*1-2/h7-11,18-20,47-48H,12-17,21-22H2,1-6H3,(H,40,49)(H,44,50)(H,39,41,42,43);4*1-2H3. The molecular formula is C45H71ClN8O6S. The number of aromatic nitrogens is 3. The van der Waals surface area contributed by atoms with Gasteiger partial charge in [-0.1, -0.05) is 90.5 Å². The SMILES string of the molecule is CC.CC.CC.CC.Cc1nc(Nc2ncc(C(=O)Nc3c(C)cccc3Cl)s2)cc(N2CCN(CCOC(C)(C)COC(C)(C)CNC(=O)c3ccc(O)c(O)c3)CC2)n1. The minimum absolute atomic E-state index is 0.241. The van der Waals surface area contributed by atoms with Crippen molar-refractivity contribution in [2.45, 2.75) is 108 Å². The molecule has 61 heavy (non-hydrogen) atoms. The number of rotatable bonds is 15. The zero-order valence-corrected chi connectivity index (χ0v) is 40.4. The molecule has 4 aromatic rings. The molecule has 2 amide bonds. The normalized spacial score (nSPS) is 12.5. The molecule has 0 bridgehead atoms. The van der Waals surface area contributed by atoms with E-state index in [1.807, 2.05) is 115 Å². The lowest BCUT2D eigenvalue weighted by Crippen LogP contribution is -2.48. The van der Waals surface area contributed by atoms with Gasteiger partial charge in [0, 0.05) is 50.9 Å². The van der Waals surface area contributed by atoms with Gasteiger partial charge in [-0.3, -0.25) is 14.5 Å². The third-order valence-corrected chi connectivity index (χ3v) is 9.80. The van der Waals surface area contributed by atoms with Crippen LogP contribution in [-0.2, 0) is 9.47 Å². The number of phenols is 2. The summed E-state index contributed by atoms with van der Waals surface area (Å²) in [5, 5.41) is 29.1. The molecule has 3 heterocycles. The Bertz CT molecular complexity index is 1900. The number of para-hydroxylation sites is 1. The van der Waals surface area contributed by atoms with E-state index >= 15 is 0 Å². The Hall–Kier alpha value is -4.54. The summed E-state index contributed by atoms with van der Waals surface area (Å²) >= 11 is 7.51. The summed E-state index contributed by atoms with van der Waals surface area (Å²) in [6.45, 7) is 32.6. The van der Waals surface area contributed by atoms with Crippen LogP contribution in [0.5, 0.6) is 11.5 Å². The number of carbonyl (C=O) groups excluding carboxylic acids is 2. The number of carbonyl (C=O) groups is 2. The van der Waals surface area contributed by atoms with Crippen LogP contribution in [0.15, 0.2) is 48.7 Å². The summed E-state index contributed by atoms with van der Waals surface area (Å²) in [5.41, 5.74) is 0.472. The van der Waals surface area contributed by atoms with Crippen LogP contribution in [0, 0.1) is 13.8 Å². The first kappa shape index (κ1) is 54.5. The molecule has 1 aliphatic rings. The Morgan fingerprint density at radius 1 is 0.836 bits per heavy atom. The minimum Gasteiger partial charge on any atom is -0.504 e. The predicted molar refractivity (Wildman–Crippen MR) is 253 cm³/mol. The average Bonchev–Trinajstić information content (AvgIpc) is 3.73. The van der Waals surface area contributed by atoms with E-state index in [-0.39, 0.29) is 35.4 Å². The summed E-state index contributed by atoms with van der Waals surface area (Å²) < 4.78 is 12.4. The molecular weight excluding hydrogens is 816 g/mol. The fourth-order valence-corrected chi connectivity index (χ4v) is 6.45. The summed E-state index contributed by atoms with van der Waals surface area (Å²) in [6.07, 6.45) is 1.53. The molecule has 5 rings (SSSR count). The van der Waals surface area contributed by atoms with Crippen LogP contribution >= 0.6 is 22.9 Å². The maximum atomic E-state index is 12.9. The highest BCUT2D eigenvalue weighted by molar-refractivity contribution is 7.17. The molecule has 1 fully saturated rings. The minimum atomic E-state index is -0.670. The highest BCUT2D eigenvalue weighted by Gasteiger charge is 2.27. The number of hydrogen-bond donors (Lipinski definition) is 5. The van der Waals surface area contributed by atoms with Gasteiger partial charge in [0.2, 0.25) is 0 Å². The molecule has 0 saturated carbocycles. The van der Waals surface area contributed by atoms with Gasteiger partial charge in [-0.25, -0.2) is 15.0 Å². The topological polar surface area (TPSA) is 174 Å². The van der Waals surface area contributed by atoms with Gasteiger partial charge in [-0.05, 0) is 71.4 Å². The number of ether oxygens (including phenoxy) is 2. The smallest absolute Gasteiger partial charge is 0.267 e. The maximum Gasteiger partial charge on any atom is 0.267 e. The lowest BCUT2D eigenvalue weighted by molar-refractivity contribution is -0.120. The van der Waals surface area contributed by atoms with Gasteiger partial charge >= 0.3 is 0 Å². The lowest BCUT2D eigenvalue weighted by atomic mass is 10.1. The molecule has 340 valence electrons. The van der Waals surface area contributed by atoms with Crippen molar-refractivity contribution < 1.29 is 29.3 Å². The van der Waals surface area contributed by atoms with E-state index in [0.717, 1.165) is 44.1 Å². The lowest BCUT2D eigenvalue weighted by Gasteiger charge is -2.36. The fraction of sp³-hybridized carbons (Fsp3) is 0.533. The van der Waals surface area contributed by atoms with Gasteiger partial charge in [0.1, 0.15) is 22.3 Å². The van der Waals surface area contributed by atoms with Crippen molar-refractivity contribution in [2.75, 3.05) is 68.0 Å². The molecule has 0 aliphatic carbocycles. The second-order valence-corrected chi connectivity index (χ2v) is 15.5. The summed E-state index contributed by atoms with van der Waals surface area (Å²) in [4.78, 5) is 44.0. The van der Waals surface area contributed by atoms with Gasteiger partial charge in [-0.2, -0.15) is 0 Å². The number of aromatic hydroxyl groups is 2. The highest BCUT2D eigenvalue weighted by atomic mass is 35.5. The van der Waals surface area contributed by atoms with E-state index in [4.69, 9.17) is 21.1 Å². The number of benzene rings is 2. The van der Waals surface area contributed by atoms with Gasteiger partial charge in [-0.15, -0.1) is 0 Å². The first-order valence-corrected chi connectivity index (χ1v) is 22.5. The number of aryl methyl sites for hydroxylation is 2. The van der Waals surface area contributed by atoms with Crippen LogP contribution in [0.3, 0.4) is 0 Å². The van der Waals surface area contributed by atoms with Crippen molar-refractivity contribution in [3.8, 4) is 11.5 Å². The van der Waals surface area contributed by atoms with E-state index in [9.17, 15) is 19.8 Å². The van der Waals surface area contributed by atoms with Crippen LogP contribution < -0.4 is 20.9 Å². The van der Waals surface area contributed by atoms with Gasteiger partial charge in [0.15, 0.2) is 16.6 Å². The quantitative estimate of drug-likeness (QED) is 0.0716. The third-order valence-electron chi connectivity index (χ3n) is 8.57. The number of anilines is 4. The molecule has 2 aromatic carbocycles. The van der Waals surface area contributed by atoms with Crippen molar-refractivity contribution in [3.63, 3.8) is 0 Å². The summed E-state index contributed by atoms with van der Waals surface area (Å²) in [7, 11) is 0. The summed E-state index contributed by atoms with van der Waals surface area (Å²) in [5.74, 6) is 0.737. The van der Waals surface area contributed by atoms with Crippen molar-refractivity contribution in [3.05, 3.63) is 75.5 Å². The van der Waals surface area contributed by atoms with E-state index in [1.165, 1.54) is 35.7 Å². The molecule has 16 heteroatoms. The Morgan fingerprint density at radius 2 is 1.49 bits per heavy atom. The number of piperazine rings is 1. The molecule has 0 unspecified atom stereocenters. The zero-order chi connectivity index (χ0) is 46.3. The van der Waals surface area contributed by atoms with Crippen molar-refractivity contribution in [2.24, 2.45) is 0 Å². The molecule has 5 N–H and O–H groups in total. The van der Waals surface area contributed by atoms with E-state index in [1.54, 1.807) is 6.07 Å². The van der Waals surface area contributed by atoms with Gasteiger partial charge in [0.05, 0.1) is 41.3 Å². The molecule has 0 spiro atoms. The predicted octanol–water partition coefficient (Wildman–Crippen LogP) is 9.86. The van der Waals surface area contributed by atoms with Crippen molar-refractivity contribution in [1.29, 1.82) is 0 Å². The molecule has 1 aliphatic heterocycles. The summed E-state index contributed by atoms with van der Waals surface area (Å²) in [6, 6.07) is 11.3. The van der Waals surface area contributed by atoms with Gasteiger partial charge in [0.25, 0.3) is 11.8 Å². The first-order valence-electron chi connectivity index (χ1n) is 21.3. The number of phenolic OH excluding ortho intramolecular Hbond substituents is 2. The van der Waals surface area contributed by atoms with Crippen LogP contribution in [0.25, 0.3) is 0 Å². The van der Waals surface area contributed by atoms with E-state index < -0.39 is 11.2 Å². The highest BCUT2D eigenvalue weighted by Crippen LogP contribution is 2.29. The first-order chi connectivity index (χ1) is 29.1. The molecule has 14 nitrogen and oxygen atoms in total. The number of halogens is 1. The second-order valence-electron chi connectivity index (χ2n) is 14.1. The molecule has 2 aromatic heterocycles. The number of nitrogens with one attached hydrogen (secondary N) is 3. The number of nitrogens with zero attached hydrogens (tertiary/aromatic N) is 5. The molecule has 1 saturated heterocycles. The Balaban J connectivity index is 0.00000219. The van der Waals surface area contributed by atoms with Crippen LogP contribution in [0.2, 0.25) is 5.02 Å². The Morgan fingerprint density at radius 3 is 2.11 bits per heavy atom. The molecule has 0 radical (unpaired) electrons. The van der Waals surface area contributed by atoms with Crippen molar-refractivity contribution >= 4 is 57.2 Å². The number of thiazole rings is 1.